The summed E-state index contributed by atoms with van der Waals surface area (Å²) >= 11 is 5.93. The van der Waals surface area contributed by atoms with Gasteiger partial charge in [-0.05, 0) is 49.2 Å². The molecule has 0 aliphatic carbocycles. The number of aryl methyl sites for hydroxylation is 1. The number of hydrogen-bond donors (Lipinski definition) is 1. The first-order valence-electron chi connectivity index (χ1n) is 6.40. The van der Waals surface area contributed by atoms with E-state index < -0.39 is 0 Å². The highest BCUT2D eigenvalue weighted by Gasteiger charge is 2.12. The molecule has 0 unspecified atom stereocenters. The summed E-state index contributed by atoms with van der Waals surface area (Å²) in [4.78, 5) is 0. The summed E-state index contributed by atoms with van der Waals surface area (Å²) in [6.07, 6.45) is 0. The number of ether oxygens (including phenoxy) is 1. The number of hydrogen-bond acceptors (Lipinski definition) is 2. The molecule has 0 aliphatic rings. The molecule has 4 heteroatoms. The molecule has 1 atom stereocenters. The normalized spacial score (nSPS) is 12.2. The predicted molar refractivity (Wildman–Crippen MR) is 79.5 cm³/mol. The summed E-state index contributed by atoms with van der Waals surface area (Å²) in [5, 5.41) is 0.661. The zero-order chi connectivity index (χ0) is 14.7. The number of nitrogens with two attached hydrogens (primary N) is 1. The molecular weight excluding hydrogens is 277 g/mol. The molecule has 0 radical (unpaired) electrons. The van der Waals surface area contributed by atoms with E-state index in [2.05, 4.69) is 0 Å². The van der Waals surface area contributed by atoms with E-state index in [0.29, 0.717) is 28.5 Å². The topological polar surface area (TPSA) is 35.2 Å². The SMILES string of the molecule is Cc1cc(OCc2cccc(Cl)c2)c([C@H](C)N)cc1F. The van der Waals surface area contributed by atoms with Gasteiger partial charge in [-0.2, -0.15) is 0 Å². The fourth-order valence-electron chi connectivity index (χ4n) is 1.94. The van der Waals surface area contributed by atoms with Gasteiger partial charge in [0.25, 0.3) is 0 Å². The summed E-state index contributed by atoms with van der Waals surface area (Å²) in [5.41, 5.74) is 8.01. The lowest BCUT2D eigenvalue weighted by atomic mass is 10.1. The van der Waals surface area contributed by atoms with Crippen molar-refractivity contribution in [3.05, 3.63) is 63.9 Å². The van der Waals surface area contributed by atoms with Crippen LogP contribution in [0.4, 0.5) is 4.39 Å². The standard InChI is InChI=1S/C16H17ClFNO/c1-10-6-16(14(11(2)19)8-15(10)18)20-9-12-4-3-5-13(17)7-12/h3-8,11H,9,19H2,1-2H3/t11-/m0/s1. The molecule has 2 aromatic rings. The van der Waals surface area contributed by atoms with Crippen molar-refractivity contribution in [1.29, 1.82) is 0 Å². The van der Waals surface area contributed by atoms with Crippen LogP contribution in [0.2, 0.25) is 5.02 Å². The Kier molecular flexibility index (Phi) is 4.63. The van der Waals surface area contributed by atoms with Crippen LogP contribution in [0.15, 0.2) is 36.4 Å². The molecule has 0 heterocycles. The Hall–Kier alpha value is -1.58. The lowest BCUT2D eigenvalue weighted by Crippen LogP contribution is -2.09. The molecule has 106 valence electrons. The van der Waals surface area contributed by atoms with Crippen LogP contribution in [-0.4, -0.2) is 0 Å². The molecule has 0 saturated carbocycles. The highest BCUT2D eigenvalue weighted by atomic mass is 35.5. The minimum absolute atomic E-state index is 0.271. The van der Waals surface area contributed by atoms with Crippen LogP contribution >= 0.6 is 11.6 Å². The van der Waals surface area contributed by atoms with E-state index in [-0.39, 0.29) is 11.9 Å². The third kappa shape index (κ3) is 3.50. The molecule has 2 rings (SSSR count). The Morgan fingerprint density at radius 1 is 1.30 bits per heavy atom. The van der Waals surface area contributed by atoms with E-state index >= 15 is 0 Å². The first kappa shape index (κ1) is 14.8. The van der Waals surface area contributed by atoms with Gasteiger partial charge in [-0.3, -0.25) is 0 Å². The van der Waals surface area contributed by atoms with Crippen LogP contribution < -0.4 is 10.5 Å². The number of rotatable bonds is 4. The van der Waals surface area contributed by atoms with E-state index in [4.69, 9.17) is 22.1 Å². The maximum atomic E-state index is 13.6. The zero-order valence-corrected chi connectivity index (χ0v) is 12.2. The van der Waals surface area contributed by atoms with Crippen LogP contribution in [0, 0.1) is 12.7 Å². The van der Waals surface area contributed by atoms with Crippen molar-refractivity contribution in [3.8, 4) is 5.75 Å². The predicted octanol–water partition coefficient (Wildman–Crippen LogP) is 4.39. The third-order valence-electron chi connectivity index (χ3n) is 3.06. The molecule has 2 N–H and O–H groups in total. The van der Waals surface area contributed by atoms with Crippen molar-refractivity contribution in [1.82, 2.24) is 0 Å². The molecule has 2 nitrogen and oxygen atoms in total. The van der Waals surface area contributed by atoms with Crippen molar-refractivity contribution in [2.45, 2.75) is 26.5 Å². The fraction of sp³-hybridized carbons (Fsp3) is 0.250. The first-order chi connectivity index (χ1) is 9.47. The second-order valence-corrected chi connectivity index (χ2v) is 5.28. The van der Waals surface area contributed by atoms with E-state index in [0.717, 1.165) is 5.56 Å². The van der Waals surface area contributed by atoms with Gasteiger partial charge in [0.1, 0.15) is 18.2 Å². The van der Waals surface area contributed by atoms with E-state index in [1.807, 2.05) is 18.2 Å². The molecule has 0 aromatic heterocycles. The van der Waals surface area contributed by atoms with Crippen molar-refractivity contribution in [2.24, 2.45) is 5.73 Å². The summed E-state index contributed by atoms with van der Waals surface area (Å²) in [6, 6.07) is 10.3. The molecule has 0 aliphatic heterocycles. The van der Waals surface area contributed by atoms with Crippen molar-refractivity contribution in [2.75, 3.05) is 0 Å². The highest BCUT2D eigenvalue weighted by molar-refractivity contribution is 6.30. The lowest BCUT2D eigenvalue weighted by molar-refractivity contribution is 0.300. The first-order valence-corrected chi connectivity index (χ1v) is 6.78. The Morgan fingerprint density at radius 3 is 2.70 bits per heavy atom. The minimum Gasteiger partial charge on any atom is -0.489 e. The van der Waals surface area contributed by atoms with Crippen molar-refractivity contribution >= 4 is 11.6 Å². The molecule has 0 bridgehead atoms. The second-order valence-electron chi connectivity index (χ2n) is 4.85. The van der Waals surface area contributed by atoms with Crippen molar-refractivity contribution < 1.29 is 9.13 Å². The summed E-state index contributed by atoms with van der Waals surface area (Å²) in [6.45, 7) is 3.87. The van der Waals surface area contributed by atoms with Gasteiger partial charge in [-0.1, -0.05) is 23.7 Å². The van der Waals surface area contributed by atoms with E-state index in [9.17, 15) is 4.39 Å². The average molecular weight is 294 g/mol. The van der Waals surface area contributed by atoms with Crippen LogP contribution in [0.5, 0.6) is 5.75 Å². The fourth-order valence-corrected chi connectivity index (χ4v) is 2.15. The van der Waals surface area contributed by atoms with Gasteiger partial charge < -0.3 is 10.5 Å². The van der Waals surface area contributed by atoms with Gasteiger partial charge in [-0.15, -0.1) is 0 Å². The maximum Gasteiger partial charge on any atom is 0.126 e. The van der Waals surface area contributed by atoms with Crippen LogP contribution in [0.3, 0.4) is 0 Å². The minimum atomic E-state index is -0.292. The maximum absolute atomic E-state index is 13.6. The largest absolute Gasteiger partial charge is 0.489 e. The van der Waals surface area contributed by atoms with Crippen molar-refractivity contribution in [3.63, 3.8) is 0 Å². The number of benzene rings is 2. The van der Waals surface area contributed by atoms with Crippen LogP contribution in [0.1, 0.15) is 29.7 Å². The average Bonchev–Trinajstić information content (AvgIpc) is 2.39. The van der Waals surface area contributed by atoms with Gasteiger partial charge in [0, 0.05) is 16.6 Å². The lowest BCUT2D eigenvalue weighted by Gasteiger charge is -2.15. The molecule has 20 heavy (non-hydrogen) atoms. The Morgan fingerprint density at radius 2 is 2.05 bits per heavy atom. The summed E-state index contributed by atoms with van der Waals surface area (Å²) < 4.78 is 19.4. The van der Waals surface area contributed by atoms with E-state index in [1.165, 1.54) is 6.07 Å². The van der Waals surface area contributed by atoms with Gasteiger partial charge in [0.15, 0.2) is 0 Å². The summed E-state index contributed by atoms with van der Waals surface area (Å²) in [7, 11) is 0. The molecule has 0 amide bonds. The molecule has 0 fully saturated rings. The molecular formula is C16H17ClFNO. The van der Waals surface area contributed by atoms with Gasteiger partial charge in [0.05, 0.1) is 0 Å². The summed E-state index contributed by atoms with van der Waals surface area (Å²) in [5.74, 6) is 0.339. The smallest absolute Gasteiger partial charge is 0.126 e. The molecule has 2 aromatic carbocycles. The monoisotopic (exact) mass is 293 g/mol. The Balaban J connectivity index is 2.22. The van der Waals surface area contributed by atoms with E-state index in [1.54, 1.807) is 26.0 Å². The van der Waals surface area contributed by atoms with Crippen LogP contribution in [0.25, 0.3) is 0 Å². The molecule has 0 spiro atoms. The van der Waals surface area contributed by atoms with Crippen LogP contribution in [-0.2, 0) is 6.61 Å². The zero-order valence-electron chi connectivity index (χ0n) is 11.5. The van der Waals surface area contributed by atoms with Gasteiger partial charge in [0.2, 0.25) is 0 Å². The van der Waals surface area contributed by atoms with Gasteiger partial charge >= 0.3 is 0 Å². The molecule has 0 saturated heterocycles. The van der Waals surface area contributed by atoms with Gasteiger partial charge in [-0.25, -0.2) is 4.39 Å². The third-order valence-corrected chi connectivity index (χ3v) is 3.30. The quantitative estimate of drug-likeness (QED) is 0.907. The number of halogens is 2. The second kappa shape index (κ2) is 6.25. The Bertz CT molecular complexity index is 613. The Labute approximate surface area is 123 Å². The highest BCUT2D eigenvalue weighted by Crippen LogP contribution is 2.28.